The Morgan fingerprint density at radius 1 is 1.19 bits per heavy atom. The number of rotatable bonds is 8. The van der Waals surface area contributed by atoms with Crippen LogP contribution in [0.25, 0.3) is 0 Å². The zero-order chi connectivity index (χ0) is 15.8. The van der Waals surface area contributed by atoms with Gasteiger partial charge in [-0.15, -0.1) is 0 Å². The lowest BCUT2D eigenvalue weighted by atomic mass is 10.2. The van der Waals surface area contributed by atoms with Crippen LogP contribution in [0.4, 0.5) is 5.82 Å². The lowest BCUT2D eigenvalue weighted by Gasteiger charge is -2.23. The Bertz CT molecular complexity index is 461. The molecule has 118 valence electrons. The van der Waals surface area contributed by atoms with E-state index in [-0.39, 0.29) is 5.91 Å². The SMILES string of the molecule is COCCN(CCOC)C(=O)c1cc(Cl)nc(N(C)C)c1. The summed E-state index contributed by atoms with van der Waals surface area (Å²) in [6, 6.07) is 3.30. The van der Waals surface area contributed by atoms with E-state index in [2.05, 4.69) is 4.98 Å². The average Bonchev–Trinajstić information content (AvgIpc) is 2.46. The fourth-order valence-electron chi connectivity index (χ4n) is 1.74. The molecule has 1 rings (SSSR count). The number of anilines is 1. The van der Waals surface area contributed by atoms with E-state index in [1.165, 1.54) is 0 Å². The second-order valence-corrected chi connectivity index (χ2v) is 5.10. The van der Waals surface area contributed by atoms with Gasteiger partial charge < -0.3 is 19.3 Å². The molecule has 0 bridgehead atoms. The van der Waals surface area contributed by atoms with Gasteiger partial charge in [0.1, 0.15) is 11.0 Å². The number of methoxy groups -OCH3 is 2. The van der Waals surface area contributed by atoms with Crippen LogP contribution in [0.1, 0.15) is 10.4 Å². The van der Waals surface area contributed by atoms with Crippen molar-refractivity contribution < 1.29 is 14.3 Å². The number of amides is 1. The summed E-state index contributed by atoms with van der Waals surface area (Å²) in [5.41, 5.74) is 0.505. The van der Waals surface area contributed by atoms with E-state index in [1.54, 1.807) is 36.2 Å². The van der Waals surface area contributed by atoms with Gasteiger partial charge in [0.25, 0.3) is 5.91 Å². The molecule has 6 nitrogen and oxygen atoms in total. The minimum atomic E-state index is -0.114. The van der Waals surface area contributed by atoms with Crippen LogP contribution in [0.5, 0.6) is 0 Å². The molecule has 1 heterocycles. The maximum absolute atomic E-state index is 12.6. The predicted molar refractivity (Wildman–Crippen MR) is 83.2 cm³/mol. The molecule has 0 saturated heterocycles. The zero-order valence-corrected chi connectivity index (χ0v) is 13.7. The molecule has 0 aromatic carbocycles. The first-order chi connectivity index (χ1) is 9.99. The molecule has 1 aromatic rings. The minimum absolute atomic E-state index is 0.114. The van der Waals surface area contributed by atoms with Crippen molar-refractivity contribution in [2.75, 3.05) is 59.5 Å². The van der Waals surface area contributed by atoms with Crippen molar-refractivity contribution in [1.29, 1.82) is 0 Å². The molecule has 0 spiro atoms. The molecule has 0 N–H and O–H groups in total. The topological polar surface area (TPSA) is 54.9 Å². The zero-order valence-electron chi connectivity index (χ0n) is 12.9. The van der Waals surface area contributed by atoms with Gasteiger partial charge in [0, 0.05) is 47.0 Å². The molecule has 21 heavy (non-hydrogen) atoms. The van der Waals surface area contributed by atoms with E-state index < -0.39 is 0 Å². The number of carbonyl (C=O) groups excluding carboxylic acids is 1. The molecular weight excluding hydrogens is 294 g/mol. The van der Waals surface area contributed by atoms with Crippen LogP contribution in [0.2, 0.25) is 5.15 Å². The molecule has 0 aliphatic carbocycles. The summed E-state index contributed by atoms with van der Waals surface area (Å²) in [6.45, 7) is 1.93. The van der Waals surface area contributed by atoms with Crippen molar-refractivity contribution in [1.82, 2.24) is 9.88 Å². The second kappa shape index (κ2) is 8.81. The highest BCUT2D eigenvalue weighted by Gasteiger charge is 2.17. The summed E-state index contributed by atoms with van der Waals surface area (Å²) in [5.74, 6) is 0.529. The third-order valence-electron chi connectivity index (χ3n) is 2.90. The number of halogens is 1. The van der Waals surface area contributed by atoms with Crippen LogP contribution in [-0.2, 0) is 9.47 Å². The quantitative estimate of drug-likeness (QED) is 0.681. The third kappa shape index (κ3) is 5.49. The summed E-state index contributed by atoms with van der Waals surface area (Å²) < 4.78 is 10.1. The first kappa shape index (κ1) is 17.7. The van der Waals surface area contributed by atoms with Crippen LogP contribution >= 0.6 is 11.6 Å². The Balaban J connectivity index is 2.95. The Morgan fingerprint density at radius 3 is 2.24 bits per heavy atom. The summed E-state index contributed by atoms with van der Waals surface area (Å²) in [6.07, 6.45) is 0. The minimum Gasteiger partial charge on any atom is -0.383 e. The van der Waals surface area contributed by atoms with Gasteiger partial charge >= 0.3 is 0 Å². The Hall–Kier alpha value is -1.37. The van der Waals surface area contributed by atoms with Crippen LogP contribution in [0, 0.1) is 0 Å². The Labute approximate surface area is 130 Å². The monoisotopic (exact) mass is 315 g/mol. The standard InChI is InChI=1S/C14H22ClN3O3/c1-17(2)13-10-11(9-12(15)16-13)14(19)18(5-7-20-3)6-8-21-4/h9-10H,5-8H2,1-4H3. The number of pyridine rings is 1. The summed E-state index contributed by atoms with van der Waals surface area (Å²) in [7, 11) is 6.90. The van der Waals surface area contributed by atoms with Gasteiger partial charge in [0.05, 0.1) is 13.2 Å². The molecule has 7 heteroatoms. The van der Waals surface area contributed by atoms with Crippen molar-refractivity contribution in [3.63, 3.8) is 0 Å². The summed E-state index contributed by atoms with van der Waals surface area (Å²) in [5, 5.41) is 0.294. The van der Waals surface area contributed by atoms with E-state index in [0.29, 0.717) is 42.8 Å². The van der Waals surface area contributed by atoms with E-state index in [1.807, 2.05) is 14.1 Å². The number of ether oxygens (including phenoxy) is 2. The van der Waals surface area contributed by atoms with Gasteiger partial charge in [0.2, 0.25) is 0 Å². The molecule has 0 aliphatic heterocycles. The molecule has 0 radical (unpaired) electrons. The Morgan fingerprint density at radius 2 is 1.76 bits per heavy atom. The van der Waals surface area contributed by atoms with Gasteiger partial charge in [-0.1, -0.05) is 11.6 Å². The molecule has 0 fully saturated rings. The number of aromatic nitrogens is 1. The Kier molecular flexibility index (Phi) is 7.42. The highest BCUT2D eigenvalue weighted by molar-refractivity contribution is 6.29. The van der Waals surface area contributed by atoms with Gasteiger partial charge in [-0.05, 0) is 12.1 Å². The van der Waals surface area contributed by atoms with Gasteiger partial charge in [-0.25, -0.2) is 4.98 Å². The molecule has 1 aromatic heterocycles. The molecule has 0 unspecified atom stereocenters. The maximum atomic E-state index is 12.6. The van der Waals surface area contributed by atoms with Gasteiger partial charge in [0.15, 0.2) is 0 Å². The molecule has 0 atom stereocenters. The van der Waals surface area contributed by atoms with Crippen molar-refractivity contribution in [3.05, 3.63) is 22.8 Å². The molecular formula is C14H22ClN3O3. The van der Waals surface area contributed by atoms with Crippen molar-refractivity contribution >= 4 is 23.3 Å². The highest BCUT2D eigenvalue weighted by atomic mass is 35.5. The smallest absolute Gasteiger partial charge is 0.254 e. The van der Waals surface area contributed by atoms with Crippen molar-refractivity contribution in [2.45, 2.75) is 0 Å². The normalized spacial score (nSPS) is 10.5. The van der Waals surface area contributed by atoms with Crippen molar-refractivity contribution in [3.8, 4) is 0 Å². The molecule has 0 aliphatic rings. The molecule has 1 amide bonds. The number of hydrogen-bond acceptors (Lipinski definition) is 5. The van der Waals surface area contributed by atoms with Crippen LogP contribution in [0.15, 0.2) is 12.1 Å². The van der Waals surface area contributed by atoms with Crippen LogP contribution < -0.4 is 4.90 Å². The maximum Gasteiger partial charge on any atom is 0.254 e. The van der Waals surface area contributed by atoms with E-state index >= 15 is 0 Å². The number of hydrogen-bond donors (Lipinski definition) is 0. The number of nitrogens with zero attached hydrogens (tertiary/aromatic N) is 3. The number of carbonyl (C=O) groups is 1. The van der Waals surface area contributed by atoms with E-state index in [4.69, 9.17) is 21.1 Å². The van der Waals surface area contributed by atoms with Crippen molar-refractivity contribution in [2.24, 2.45) is 0 Å². The van der Waals surface area contributed by atoms with E-state index in [9.17, 15) is 4.79 Å². The van der Waals surface area contributed by atoms with E-state index in [0.717, 1.165) is 0 Å². The predicted octanol–water partition coefficient (Wildman–Crippen LogP) is 1.54. The fourth-order valence-corrected chi connectivity index (χ4v) is 1.94. The second-order valence-electron chi connectivity index (χ2n) is 4.71. The van der Waals surface area contributed by atoms with Crippen LogP contribution in [0.3, 0.4) is 0 Å². The first-order valence-electron chi connectivity index (χ1n) is 6.61. The third-order valence-corrected chi connectivity index (χ3v) is 3.10. The largest absolute Gasteiger partial charge is 0.383 e. The van der Waals surface area contributed by atoms with Gasteiger partial charge in [-0.2, -0.15) is 0 Å². The fraction of sp³-hybridized carbons (Fsp3) is 0.571. The average molecular weight is 316 g/mol. The lowest BCUT2D eigenvalue weighted by molar-refractivity contribution is 0.0627. The lowest BCUT2D eigenvalue weighted by Crippen LogP contribution is -2.36. The van der Waals surface area contributed by atoms with Gasteiger partial charge in [-0.3, -0.25) is 4.79 Å². The summed E-state index contributed by atoms with van der Waals surface area (Å²) >= 11 is 5.99. The summed E-state index contributed by atoms with van der Waals surface area (Å²) in [4.78, 5) is 20.2. The first-order valence-corrected chi connectivity index (χ1v) is 6.99. The van der Waals surface area contributed by atoms with Crippen LogP contribution in [-0.4, -0.2) is 70.4 Å². The highest BCUT2D eigenvalue weighted by Crippen LogP contribution is 2.18. The molecule has 0 saturated carbocycles.